The number of carboxylic acids is 1. The van der Waals surface area contributed by atoms with Gasteiger partial charge in [0.25, 0.3) is 0 Å². The van der Waals surface area contributed by atoms with Crippen LogP contribution in [0, 0.1) is 0 Å². The van der Waals surface area contributed by atoms with E-state index in [4.69, 9.17) is 5.11 Å². The second-order valence-corrected chi connectivity index (χ2v) is 8.29. The zero-order chi connectivity index (χ0) is 20.1. The van der Waals surface area contributed by atoms with Gasteiger partial charge in [-0.1, -0.05) is 18.2 Å². The molecule has 1 aliphatic carbocycles. The Morgan fingerprint density at radius 3 is 2.68 bits per heavy atom. The first-order valence-corrected chi connectivity index (χ1v) is 10.5. The van der Waals surface area contributed by atoms with Gasteiger partial charge in [-0.2, -0.15) is 0 Å². The number of likely N-dealkylation sites (N-methyl/N-ethyl adjacent to an activating group) is 1. The molecule has 0 spiro atoms. The monoisotopic (exact) mass is 387 g/mol. The van der Waals surface area contributed by atoms with E-state index in [1.165, 1.54) is 36.0 Å². The molecule has 0 aromatic heterocycles. The summed E-state index contributed by atoms with van der Waals surface area (Å²) in [5.41, 5.74) is 4.06. The third-order valence-electron chi connectivity index (χ3n) is 6.21. The van der Waals surface area contributed by atoms with E-state index in [-0.39, 0.29) is 24.7 Å². The lowest BCUT2D eigenvalue weighted by atomic mass is 9.89. The van der Waals surface area contributed by atoms with Gasteiger partial charge in [0.05, 0.1) is 12.6 Å². The van der Waals surface area contributed by atoms with Crippen molar-refractivity contribution in [2.24, 2.45) is 0 Å². The van der Waals surface area contributed by atoms with Gasteiger partial charge in [0, 0.05) is 19.1 Å². The topological polar surface area (TPSA) is 72.9 Å². The summed E-state index contributed by atoms with van der Waals surface area (Å²) in [5, 5.41) is 12.1. The number of carbonyl (C=O) groups excluding carboxylic acids is 1. The second kappa shape index (κ2) is 9.41. The predicted octanol–water partition coefficient (Wildman–Crippen LogP) is 3.21. The number of nitrogens with zero attached hydrogens (tertiary/aromatic N) is 2. The van der Waals surface area contributed by atoms with Crippen LogP contribution in [0.5, 0.6) is 0 Å². The van der Waals surface area contributed by atoms with Crippen molar-refractivity contribution in [1.29, 1.82) is 0 Å². The van der Waals surface area contributed by atoms with Crippen LogP contribution < -0.4 is 5.32 Å². The van der Waals surface area contributed by atoms with E-state index in [2.05, 4.69) is 23.5 Å². The summed E-state index contributed by atoms with van der Waals surface area (Å²) in [6.07, 6.45) is 7.47. The largest absolute Gasteiger partial charge is 0.480 e. The lowest BCUT2D eigenvalue weighted by molar-refractivity contribution is -0.138. The summed E-state index contributed by atoms with van der Waals surface area (Å²) in [6, 6.07) is 6.81. The molecule has 154 valence electrons. The fourth-order valence-electron chi connectivity index (χ4n) is 4.45. The first-order chi connectivity index (χ1) is 13.4. The Kier molecular flexibility index (Phi) is 6.94. The number of rotatable bonds is 5. The predicted molar refractivity (Wildman–Crippen MR) is 110 cm³/mol. The van der Waals surface area contributed by atoms with Crippen molar-refractivity contribution in [2.75, 3.05) is 26.7 Å². The Labute approximate surface area is 167 Å². The minimum absolute atomic E-state index is 0.0199. The number of urea groups is 1. The first-order valence-electron chi connectivity index (χ1n) is 10.5. The number of fused-ring (bicyclic) bond motifs is 1. The molecular formula is C22H33N3O3. The first kappa shape index (κ1) is 20.6. The average molecular weight is 388 g/mol. The number of benzene rings is 1. The van der Waals surface area contributed by atoms with Crippen LogP contribution in [0.3, 0.4) is 0 Å². The number of aliphatic carboxylic acids is 1. The summed E-state index contributed by atoms with van der Waals surface area (Å²) < 4.78 is 0. The molecule has 1 saturated heterocycles. The molecule has 1 aromatic rings. The maximum Gasteiger partial charge on any atom is 0.317 e. The highest BCUT2D eigenvalue weighted by atomic mass is 16.4. The van der Waals surface area contributed by atoms with Crippen LogP contribution in [0.4, 0.5) is 4.79 Å². The molecule has 2 atom stereocenters. The van der Waals surface area contributed by atoms with Crippen molar-refractivity contribution in [2.45, 2.75) is 64.0 Å². The van der Waals surface area contributed by atoms with Gasteiger partial charge in [-0.25, -0.2) is 4.79 Å². The van der Waals surface area contributed by atoms with E-state index < -0.39 is 5.97 Å². The van der Waals surface area contributed by atoms with Gasteiger partial charge >= 0.3 is 12.0 Å². The quantitative estimate of drug-likeness (QED) is 0.814. The van der Waals surface area contributed by atoms with Crippen molar-refractivity contribution in [3.63, 3.8) is 0 Å². The van der Waals surface area contributed by atoms with Gasteiger partial charge < -0.3 is 15.3 Å². The molecule has 1 aliphatic heterocycles. The molecule has 6 heteroatoms. The fraction of sp³-hybridized carbons (Fsp3) is 0.636. The Morgan fingerprint density at radius 2 is 1.93 bits per heavy atom. The van der Waals surface area contributed by atoms with E-state index in [0.717, 1.165) is 32.2 Å². The van der Waals surface area contributed by atoms with Crippen LogP contribution in [-0.4, -0.2) is 59.6 Å². The van der Waals surface area contributed by atoms with Crippen molar-refractivity contribution < 1.29 is 14.7 Å². The van der Waals surface area contributed by atoms with Crippen LogP contribution in [0.25, 0.3) is 0 Å². The third-order valence-corrected chi connectivity index (χ3v) is 6.21. The van der Waals surface area contributed by atoms with Crippen LogP contribution >= 0.6 is 0 Å². The number of carboxylic acid groups (broad SMARTS) is 1. The van der Waals surface area contributed by atoms with E-state index in [1.807, 2.05) is 23.8 Å². The molecule has 1 unspecified atom stereocenters. The van der Waals surface area contributed by atoms with E-state index >= 15 is 0 Å². The number of hydrogen-bond acceptors (Lipinski definition) is 3. The van der Waals surface area contributed by atoms with E-state index in [0.29, 0.717) is 6.54 Å². The highest BCUT2D eigenvalue weighted by molar-refractivity contribution is 5.74. The maximum absolute atomic E-state index is 12.8. The standard InChI is InChI=1S/C22H33N3O3/c1-16(18-10-9-17-6-3-4-7-19(17)14-18)23-22(28)25-12-5-8-20(11-13-25)24(2)15-21(26)27/h9-10,14,16,20H,3-8,11-13,15H2,1-2H3,(H,23,28)(H,26,27)/t16-,20?/m1/s1. The van der Waals surface area contributed by atoms with E-state index in [9.17, 15) is 9.59 Å². The second-order valence-electron chi connectivity index (χ2n) is 8.29. The van der Waals surface area contributed by atoms with Gasteiger partial charge in [0.15, 0.2) is 0 Å². The average Bonchev–Trinajstić information content (AvgIpc) is 2.93. The number of amides is 2. The van der Waals surface area contributed by atoms with Crippen LogP contribution in [-0.2, 0) is 17.6 Å². The maximum atomic E-state index is 12.8. The molecule has 1 aromatic carbocycles. The Bertz CT molecular complexity index is 706. The Hall–Kier alpha value is -2.08. The van der Waals surface area contributed by atoms with Crippen molar-refractivity contribution in [1.82, 2.24) is 15.1 Å². The number of aryl methyl sites for hydroxylation is 2. The Morgan fingerprint density at radius 1 is 1.18 bits per heavy atom. The third kappa shape index (κ3) is 5.25. The van der Waals surface area contributed by atoms with Gasteiger partial charge in [-0.3, -0.25) is 9.69 Å². The number of likely N-dealkylation sites (tertiary alicyclic amines) is 1. The summed E-state index contributed by atoms with van der Waals surface area (Å²) >= 11 is 0. The van der Waals surface area contributed by atoms with Gasteiger partial charge in [-0.15, -0.1) is 0 Å². The fourth-order valence-corrected chi connectivity index (χ4v) is 4.45. The number of hydrogen-bond donors (Lipinski definition) is 2. The minimum Gasteiger partial charge on any atom is -0.480 e. The molecule has 0 radical (unpaired) electrons. The number of carbonyl (C=O) groups is 2. The Balaban J connectivity index is 1.55. The summed E-state index contributed by atoms with van der Waals surface area (Å²) in [6.45, 7) is 3.48. The van der Waals surface area contributed by atoms with Crippen molar-refractivity contribution in [3.8, 4) is 0 Å². The molecule has 2 N–H and O–H groups in total. The molecule has 6 nitrogen and oxygen atoms in total. The van der Waals surface area contributed by atoms with Gasteiger partial charge in [0.1, 0.15) is 0 Å². The SMILES string of the molecule is C[C@@H](NC(=O)N1CCCC(N(C)CC(=O)O)CC1)c1ccc2c(c1)CCCC2. The summed E-state index contributed by atoms with van der Waals surface area (Å²) in [7, 11) is 1.85. The highest BCUT2D eigenvalue weighted by Gasteiger charge is 2.25. The molecule has 0 bridgehead atoms. The molecule has 0 saturated carbocycles. The molecule has 28 heavy (non-hydrogen) atoms. The highest BCUT2D eigenvalue weighted by Crippen LogP contribution is 2.25. The molecule has 1 fully saturated rings. The van der Waals surface area contributed by atoms with Crippen molar-refractivity contribution >= 4 is 12.0 Å². The van der Waals surface area contributed by atoms with E-state index in [1.54, 1.807) is 0 Å². The molecule has 3 rings (SSSR count). The number of nitrogens with one attached hydrogen (secondary N) is 1. The molecule has 1 heterocycles. The zero-order valence-corrected chi connectivity index (χ0v) is 17.1. The summed E-state index contributed by atoms with van der Waals surface area (Å²) in [5.74, 6) is -0.805. The van der Waals surface area contributed by atoms with Crippen molar-refractivity contribution in [3.05, 3.63) is 34.9 Å². The molecule has 2 amide bonds. The van der Waals surface area contributed by atoms with Crippen LogP contribution in [0.15, 0.2) is 18.2 Å². The van der Waals surface area contributed by atoms with Gasteiger partial charge in [-0.05, 0) is 75.6 Å². The minimum atomic E-state index is -0.805. The van der Waals surface area contributed by atoms with Gasteiger partial charge in [0.2, 0.25) is 0 Å². The molecule has 2 aliphatic rings. The lowest BCUT2D eigenvalue weighted by Gasteiger charge is -2.26. The molecular weight excluding hydrogens is 354 g/mol. The summed E-state index contributed by atoms with van der Waals surface area (Å²) in [4.78, 5) is 27.5. The normalized spacial score (nSPS) is 21.0. The smallest absolute Gasteiger partial charge is 0.317 e. The zero-order valence-electron chi connectivity index (χ0n) is 17.1. The van der Waals surface area contributed by atoms with Crippen LogP contribution in [0.2, 0.25) is 0 Å². The lowest BCUT2D eigenvalue weighted by Crippen LogP contribution is -2.42. The van der Waals surface area contributed by atoms with Crippen LogP contribution in [0.1, 0.15) is 61.8 Å².